The second-order valence-corrected chi connectivity index (χ2v) is 5.29. The average Bonchev–Trinajstić information content (AvgIpc) is 2.61. The number of aliphatic hydroxyl groups excluding tert-OH is 2. The van der Waals surface area contributed by atoms with Crippen LogP contribution in [0.15, 0.2) is 48.1 Å². The van der Waals surface area contributed by atoms with E-state index in [1.165, 1.54) is 6.08 Å². The van der Waals surface area contributed by atoms with Gasteiger partial charge in [0.15, 0.2) is 6.29 Å². The lowest BCUT2D eigenvalue weighted by atomic mass is 9.97. The maximum absolute atomic E-state index is 10.4. The standard InChI is InChI=1S/C16H21N3O5/c1-2-8-22-16-13(18-19-17)15(14(21)12(9-20)24-16)23-10-11-6-4-3-5-7-11/h2-7,12-16,20-21H,1,8-10H2/t12-,13-,14-,15-,16+/m1/s1. The molecule has 5 atom stereocenters. The van der Waals surface area contributed by atoms with Gasteiger partial charge in [0.05, 0.1) is 25.9 Å². The lowest BCUT2D eigenvalue weighted by Crippen LogP contribution is -2.59. The molecule has 0 amide bonds. The third-order valence-corrected chi connectivity index (χ3v) is 3.67. The van der Waals surface area contributed by atoms with Crippen molar-refractivity contribution in [3.8, 4) is 0 Å². The highest BCUT2D eigenvalue weighted by Gasteiger charge is 2.46. The van der Waals surface area contributed by atoms with Crippen LogP contribution in [0.25, 0.3) is 10.4 Å². The number of ether oxygens (including phenoxy) is 3. The van der Waals surface area contributed by atoms with Gasteiger partial charge in [-0.1, -0.05) is 41.5 Å². The van der Waals surface area contributed by atoms with Gasteiger partial charge in [0, 0.05) is 4.91 Å². The lowest BCUT2D eigenvalue weighted by Gasteiger charge is -2.42. The molecule has 8 heteroatoms. The number of hydrogen-bond donors (Lipinski definition) is 2. The fourth-order valence-corrected chi connectivity index (χ4v) is 2.50. The van der Waals surface area contributed by atoms with Crippen LogP contribution in [0.1, 0.15) is 5.56 Å². The lowest BCUT2D eigenvalue weighted by molar-refractivity contribution is -0.271. The van der Waals surface area contributed by atoms with E-state index in [1.54, 1.807) is 0 Å². The number of nitrogens with zero attached hydrogens (tertiary/aromatic N) is 3. The van der Waals surface area contributed by atoms with E-state index in [1.807, 2.05) is 30.3 Å². The van der Waals surface area contributed by atoms with Gasteiger partial charge in [-0.2, -0.15) is 0 Å². The van der Waals surface area contributed by atoms with Gasteiger partial charge in [0.2, 0.25) is 0 Å². The van der Waals surface area contributed by atoms with Gasteiger partial charge < -0.3 is 24.4 Å². The van der Waals surface area contributed by atoms with E-state index in [0.717, 1.165) is 5.56 Å². The van der Waals surface area contributed by atoms with Gasteiger partial charge in [0.25, 0.3) is 0 Å². The fraction of sp³-hybridized carbons (Fsp3) is 0.500. The Morgan fingerprint density at radius 1 is 1.33 bits per heavy atom. The molecule has 0 unspecified atom stereocenters. The van der Waals surface area contributed by atoms with E-state index in [0.29, 0.717) is 0 Å². The summed E-state index contributed by atoms with van der Waals surface area (Å²) in [6.07, 6.45) is -2.35. The summed E-state index contributed by atoms with van der Waals surface area (Å²) >= 11 is 0. The highest BCUT2D eigenvalue weighted by Crippen LogP contribution is 2.27. The van der Waals surface area contributed by atoms with Crippen LogP contribution in [0.5, 0.6) is 0 Å². The normalized spacial score (nSPS) is 29.7. The van der Waals surface area contributed by atoms with Gasteiger partial charge >= 0.3 is 0 Å². The van der Waals surface area contributed by atoms with E-state index in [-0.39, 0.29) is 13.2 Å². The zero-order chi connectivity index (χ0) is 17.4. The van der Waals surface area contributed by atoms with E-state index in [2.05, 4.69) is 16.6 Å². The van der Waals surface area contributed by atoms with Crippen molar-refractivity contribution < 1.29 is 24.4 Å². The van der Waals surface area contributed by atoms with Gasteiger partial charge in [-0.25, -0.2) is 0 Å². The fourth-order valence-electron chi connectivity index (χ4n) is 2.50. The van der Waals surface area contributed by atoms with E-state index in [9.17, 15) is 10.2 Å². The summed E-state index contributed by atoms with van der Waals surface area (Å²) < 4.78 is 16.7. The predicted octanol–water partition coefficient (Wildman–Crippen LogP) is 1.53. The molecule has 8 nitrogen and oxygen atoms in total. The van der Waals surface area contributed by atoms with Gasteiger partial charge in [-0.15, -0.1) is 6.58 Å². The largest absolute Gasteiger partial charge is 0.394 e. The molecule has 0 spiro atoms. The number of aliphatic hydroxyl groups is 2. The molecule has 2 rings (SSSR count). The number of benzene rings is 1. The Hall–Kier alpha value is -1.93. The van der Waals surface area contributed by atoms with Crippen molar-refractivity contribution in [2.24, 2.45) is 5.11 Å². The molecule has 1 aliphatic heterocycles. The Kier molecular flexibility index (Phi) is 7.20. The van der Waals surface area contributed by atoms with Crippen molar-refractivity contribution in [3.05, 3.63) is 59.0 Å². The van der Waals surface area contributed by atoms with Crippen molar-refractivity contribution in [1.82, 2.24) is 0 Å². The van der Waals surface area contributed by atoms with E-state index < -0.39 is 37.3 Å². The third-order valence-electron chi connectivity index (χ3n) is 3.67. The van der Waals surface area contributed by atoms with Crippen LogP contribution < -0.4 is 0 Å². The smallest absolute Gasteiger partial charge is 0.169 e. The summed E-state index contributed by atoms with van der Waals surface area (Å²) in [5.74, 6) is 0. The zero-order valence-electron chi connectivity index (χ0n) is 13.1. The van der Waals surface area contributed by atoms with E-state index in [4.69, 9.17) is 19.7 Å². The summed E-state index contributed by atoms with van der Waals surface area (Å²) in [5.41, 5.74) is 9.72. The molecule has 0 bridgehead atoms. The van der Waals surface area contributed by atoms with Crippen LogP contribution in [-0.2, 0) is 20.8 Å². The molecule has 1 aromatic carbocycles. The first-order chi connectivity index (χ1) is 11.7. The number of azide groups is 1. The summed E-state index contributed by atoms with van der Waals surface area (Å²) in [6.45, 7) is 3.52. The molecule has 0 aromatic heterocycles. The quantitative estimate of drug-likeness (QED) is 0.323. The van der Waals surface area contributed by atoms with Crippen molar-refractivity contribution in [3.63, 3.8) is 0 Å². The average molecular weight is 335 g/mol. The molecule has 0 saturated carbocycles. The van der Waals surface area contributed by atoms with Crippen LogP contribution in [0.4, 0.5) is 0 Å². The monoisotopic (exact) mass is 335 g/mol. The Labute approximate surface area is 139 Å². The van der Waals surface area contributed by atoms with Crippen LogP contribution in [0, 0.1) is 0 Å². The zero-order valence-corrected chi connectivity index (χ0v) is 13.1. The molecule has 24 heavy (non-hydrogen) atoms. The Morgan fingerprint density at radius 3 is 2.71 bits per heavy atom. The van der Waals surface area contributed by atoms with Crippen LogP contribution in [0.3, 0.4) is 0 Å². The first kappa shape index (κ1) is 18.4. The highest BCUT2D eigenvalue weighted by molar-refractivity contribution is 5.13. The van der Waals surface area contributed by atoms with Crippen molar-refractivity contribution in [2.45, 2.75) is 37.3 Å². The molecule has 1 heterocycles. The Bertz CT molecular complexity index is 564. The van der Waals surface area contributed by atoms with Crippen LogP contribution >= 0.6 is 0 Å². The molecule has 0 aliphatic carbocycles. The first-order valence-electron chi connectivity index (χ1n) is 7.58. The number of rotatable bonds is 8. The maximum Gasteiger partial charge on any atom is 0.169 e. The third kappa shape index (κ3) is 4.55. The molecule has 1 aromatic rings. The highest BCUT2D eigenvalue weighted by atomic mass is 16.7. The SMILES string of the molecule is C=CCO[C@H]1O[C@H](CO)[C@@H](O)[C@H](OCc2ccccc2)[C@H]1N=[N+]=[N-]. The summed E-state index contributed by atoms with van der Waals surface area (Å²) in [6, 6.07) is 8.49. The molecule has 1 fully saturated rings. The summed E-state index contributed by atoms with van der Waals surface area (Å²) in [7, 11) is 0. The first-order valence-corrected chi connectivity index (χ1v) is 7.58. The summed E-state index contributed by atoms with van der Waals surface area (Å²) in [5, 5.41) is 23.4. The second-order valence-electron chi connectivity index (χ2n) is 5.29. The van der Waals surface area contributed by atoms with Crippen LogP contribution in [-0.4, -0.2) is 54.1 Å². The maximum atomic E-state index is 10.4. The summed E-state index contributed by atoms with van der Waals surface area (Å²) in [4.78, 5) is 2.79. The molecule has 2 N–H and O–H groups in total. The van der Waals surface area contributed by atoms with E-state index >= 15 is 0 Å². The van der Waals surface area contributed by atoms with Gasteiger partial charge in [-0.05, 0) is 11.1 Å². The molecule has 1 saturated heterocycles. The van der Waals surface area contributed by atoms with Gasteiger partial charge in [0.1, 0.15) is 18.2 Å². The minimum absolute atomic E-state index is 0.168. The molecular weight excluding hydrogens is 314 g/mol. The Balaban J connectivity index is 2.16. The minimum atomic E-state index is -1.15. The molecule has 0 radical (unpaired) electrons. The second kappa shape index (κ2) is 9.39. The number of hydrogen-bond acceptors (Lipinski definition) is 6. The molecule has 1 aliphatic rings. The van der Waals surface area contributed by atoms with Crippen LogP contribution in [0.2, 0.25) is 0 Å². The minimum Gasteiger partial charge on any atom is -0.394 e. The van der Waals surface area contributed by atoms with Crippen molar-refractivity contribution >= 4 is 0 Å². The topological polar surface area (TPSA) is 117 Å². The Morgan fingerprint density at radius 2 is 2.08 bits per heavy atom. The van der Waals surface area contributed by atoms with Crippen molar-refractivity contribution in [2.75, 3.05) is 13.2 Å². The predicted molar refractivity (Wildman–Crippen MR) is 85.9 cm³/mol. The molecule has 130 valence electrons. The van der Waals surface area contributed by atoms with Gasteiger partial charge in [-0.3, -0.25) is 0 Å². The van der Waals surface area contributed by atoms with Crippen molar-refractivity contribution in [1.29, 1.82) is 0 Å². The molecular formula is C16H21N3O5.